The van der Waals surface area contributed by atoms with Crippen molar-refractivity contribution < 1.29 is 9.18 Å². The molecule has 0 N–H and O–H groups in total. The second kappa shape index (κ2) is 5.45. The molecule has 1 aromatic rings. The van der Waals surface area contributed by atoms with Gasteiger partial charge < -0.3 is 4.90 Å². The van der Waals surface area contributed by atoms with Gasteiger partial charge in [0, 0.05) is 18.5 Å². The van der Waals surface area contributed by atoms with Gasteiger partial charge in [0.1, 0.15) is 5.82 Å². The van der Waals surface area contributed by atoms with Crippen LogP contribution in [0.15, 0.2) is 18.2 Å². The quantitative estimate of drug-likeness (QED) is 0.724. The maximum Gasteiger partial charge on any atom is 0.255 e. The van der Waals surface area contributed by atoms with Gasteiger partial charge in [0.15, 0.2) is 0 Å². The van der Waals surface area contributed by atoms with Crippen LogP contribution in [0, 0.1) is 11.7 Å². The normalized spacial score (nSPS) is 24.1. The predicted molar refractivity (Wildman–Crippen MR) is 70.7 cm³/mol. The van der Waals surface area contributed by atoms with Crippen molar-refractivity contribution in [3.63, 3.8) is 0 Å². The number of hydrogen-bond donors (Lipinski definition) is 0. The Kier molecular flexibility index (Phi) is 4.13. The summed E-state index contributed by atoms with van der Waals surface area (Å²) >= 11 is 12.0. The van der Waals surface area contributed by atoms with Crippen LogP contribution in [0.1, 0.15) is 23.7 Å². The average Bonchev–Trinajstić information content (AvgIpc) is 2.32. The van der Waals surface area contributed by atoms with Crippen LogP contribution in [0.2, 0.25) is 5.02 Å². The van der Waals surface area contributed by atoms with Crippen molar-refractivity contribution in [3.8, 4) is 0 Å². The fourth-order valence-corrected chi connectivity index (χ4v) is 2.56. The summed E-state index contributed by atoms with van der Waals surface area (Å²) in [5.41, 5.74) is 0.346. The van der Waals surface area contributed by atoms with Gasteiger partial charge in [-0.15, -0.1) is 11.6 Å². The van der Waals surface area contributed by atoms with E-state index in [0.29, 0.717) is 18.7 Å². The highest BCUT2D eigenvalue weighted by Gasteiger charge is 2.28. The van der Waals surface area contributed by atoms with Crippen molar-refractivity contribution in [3.05, 3.63) is 34.6 Å². The fraction of sp³-hybridized carbons (Fsp3) is 0.462. The van der Waals surface area contributed by atoms with E-state index in [2.05, 4.69) is 0 Å². The molecular weight excluding hydrogens is 276 g/mol. The van der Waals surface area contributed by atoms with Gasteiger partial charge in [-0.1, -0.05) is 18.5 Å². The van der Waals surface area contributed by atoms with Crippen LogP contribution in [-0.4, -0.2) is 29.3 Å². The van der Waals surface area contributed by atoms with Crippen molar-refractivity contribution in [2.75, 3.05) is 13.1 Å². The first-order valence-corrected chi connectivity index (χ1v) is 6.69. The maximum atomic E-state index is 12.9. The van der Waals surface area contributed by atoms with E-state index in [0.717, 1.165) is 12.5 Å². The van der Waals surface area contributed by atoms with Crippen molar-refractivity contribution in [1.82, 2.24) is 4.90 Å². The van der Waals surface area contributed by atoms with Gasteiger partial charge >= 0.3 is 0 Å². The lowest BCUT2D eigenvalue weighted by Crippen LogP contribution is -2.43. The minimum Gasteiger partial charge on any atom is -0.338 e. The number of hydrogen-bond acceptors (Lipinski definition) is 1. The number of piperidine rings is 1. The van der Waals surface area contributed by atoms with Gasteiger partial charge in [-0.25, -0.2) is 4.39 Å². The van der Waals surface area contributed by atoms with Crippen LogP contribution >= 0.6 is 23.2 Å². The van der Waals surface area contributed by atoms with E-state index in [-0.39, 0.29) is 22.2 Å². The number of rotatable bonds is 1. The van der Waals surface area contributed by atoms with Crippen LogP contribution in [0.25, 0.3) is 0 Å². The van der Waals surface area contributed by atoms with E-state index in [1.165, 1.54) is 12.1 Å². The summed E-state index contributed by atoms with van der Waals surface area (Å²) in [4.78, 5) is 14.0. The highest BCUT2D eigenvalue weighted by atomic mass is 35.5. The Morgan fingerprint density at radius 3 is 2.83 bits per heavy atom. The summed E-state index contributed by atoms with van der Waals surface area (Å²) in [6.45, 7) is 3.25. The molecule has 1 fully saturated rings. The molecule has 98 valence electrons. The Morgan fingerprint density at radius 2 is 2.22 bits per heavy atom. The second-order valence-electron chi connectivity index (χ2n) is 4.66. The minimum atomic E-state index is -0.440. The van der Waals surface area contributed by atoms with E-state index in [1.54, 1.807) is 4.90 Å². The molecule has 0 spiro atoms. The molecule has 2 rings (SSSR count). The molecule has 0 bridgehead atoms. The molecule has 2 atom stereocenters. The Labute approximate surface area is 116 Å². The number of alkyl halides is 1. The third-order valence-electron chi connectivity index (χ3n) is 3.25. The lowest BCUT2D eigenvalue weighted by molar-refractivity contribution is 0.0687. The van der Waals surface area contributed by atoms with E-state index in [4.69, 9.17) is 23.2 Å². The summed E-state index contributed by atoms with van der Waals surface area (Å²) < 4.78 is 12.9. The molecule has 1 aliphatic heterocycles. The molecule has 0 saturated carbocycles. The van der Waals surface area contributed by atoms with Gasteiger partial charge in [0.05, 0.1) is 10.6 Å². The van der Waals surface area contributed by atoms with Gasteiger partial charge in [0.25, 0.3) is 5.91 Å². The number of likely N-dealkylation sites (tertiary alicyclic amines) is 1. The lowest BCUT2D eigenvalue weighted by atomic mass is 9.99. The van der Waals surface area contributed by atoms with Crippen LogP contribution in [0.5, 0.6) is 0 Å². The summed E-state index contributed by atoms with van der Waals surface area (Å²) in [7, 11) is 0. The Bertz CT molecular complexity index is 466. The van der Waals surface area contributed by atoms with E-state index >= 15 is 0 Å². The molecule has 18 heavy (non-hydrogen) atoms. The third kappa shape index (κ3) is 2.78. The molecule has 0 aromatic heterocycles. The molecule has 1 amide bonds. The molecule has 1 aromatic carbocycles. The second-order valence-corrected chi connectivity index (χ2v) is 5.63. The topological polar surface area (TPSA) is 20.3 Å². The number of carbonyl (C=O) groups excluding carboxylic acids is 1. The lowest BCUT2D eigenvalue weighted by Gasteiger charge is -2.34. The summed E-state index contributed by atoms with van der Waals surface area (Å²) in [6.07, 6.45) is 0.771. The maximum absolute atomic E-state index is 12.9. The Balaban J connectivity index is 2.16. The Morgan fingerprint density at radius 1 is 1.50 bits per heavy atom. The number of benzene rings is 1. The highest BCUT2D eigenvalue weighted by Crippen LogP contribution is 2.25. The van der Waals surface area contributed by atoms with E-state index in [1.807, 2.05) is 6.92 Å². The molecule has 5 heteroatoms. The van der Waals surface area contributed by atoms with Crippen LogP contribution < -0.4 is 0 Å². The van der Waals surface area contributed by atoms with Gasteiger partial charge in [-0.3, -0.25) is 4.79 Å². The van der Waals surface area contributed by atoms with Gasteiger partial charge in [-0.05, 0) is 30.5 Å². The SMILES string of the molecule is CC1CN(C(=O)c2ccc(F)cc2Cl)CCC1Cl. The number of halogens is 3. The molecule has 1 heterocycles. The number of nitrogens with zero attached hydrogens (tertiary/aromatic N) is 1. The summed E-state index contributed by atoms with van der Waals surface area (Å²) in [6, 6.07) is 3.83. The first kappa shape index (κ1) is 13.6. The highest BCUT2D eigenvalue weighted by molar-refractivity contribution is 6.33. The first-order chi connectivity index (χ1) is 8.49. The van der Waals surface area contributed by atoms with Crippen molar-refractivity contribution in [2.24, 2.45) is 5.92 Å². The zero-order valence-corrected chi connectivity index (χ0v) is 11.5. The molecule has 2 nitrogen and oxygen atoms in total. The van der Waals surface area contributed by atoms with E-state index < -0.39 is 5.82 Å². The van der Waals surface area contributed by atoms with Crippen LogP contribution in [0.4, 0.5) is 4.39 Å². The minimum absolute atomic E-state index is 0.109. The molecule has 2 unspecified atom stereocenters. The van der Waals surface area contributed by atoms with Crippen molar-refractivity contribution in [2.45, 2.75) is 18.7 Å². The van der Waals surface area contributed by atoms with Gasteiger partial charge in [0.2, 0.25) is 0 Å². The zero-order valence-electron chi connectivity index (χ0n) is 10.00. The molecule has 1 saturated heterocycles. The number of amides is 1. The average molecular weight is 290 g/mol. The first-order valence-electron chi connectivity index (χ1n) is 5.87. The summed E-state index contributed by atoms with van der Waals surface area (Å²) in [5.74, 6) is -0.344. The predicted octanol–water partition coefficient (Wildman–Crippen LogP) is 3.57. The van der Waals surface area contributed by atoms with Crippen molar-refractivity contribution >= 4 is 29.1 Å². The van der Waals surface area contributed by atoms with Crippen LogP contribution in [0.3, 0.4) is 0 Å². The molecule has 1 aliphatic rings. The number of carbonyl (C=O) groups is 1. The Hall–Kier alpha value is -0.800. The van der Waals surface area contributed by atoms with Crippen LogP contribution in [-0.2, 0) is 0 Å². The zero-order chi connectivity index (χ0) is 13.3. The molecule has 0 radical (unpaired) electrons. The van der Waals surface area contributed by atoms with Crippen molar-refractivity contribution in [1.29, 1.82) is 0 Å². The smallest absolute Gasteiger partial charge is 0.255 e. The third-order valence-corrected chi connectivity index (χ3v) is 4.21. The fourth-order valence-electron chi connectivity index (χ4n) is 2.13. The van der Waals surface area contributed by atoms with Gasteiger partial charge in [-0.2, -0.15) is 0 Å². The molecule has 0 aliphatic carbocycles. The largest absolute Gasteiger partial charge is 0.338 e. The standard InChI is InChI=1S/C13H14Cl2FNO/c1-8-7-17(5-4-11(8)14)13(18)10-3-2-9(16)6-12(10)15/h2-3,6,8,11H,4-5,7H2,1H3. The monoisotopic (exact) mass is 289 g/mol. The summed E-state index contributed by atoms with van der Waals surface area (Å²) in [5, 5.41) is 0.262. The molecular formula is C13H14Cl2FNO. The van der Waals surface area contributed by atoms with E-state index in [9.17, 15) is 9.18 Å².